The fourth-order valence-corrected chi connectivity index (χ4v) is 3.52. The van der Waals surface area contributed by atoms with Gasteiger partial charge >= 0.3 is 5.69 Å². The van der Waals surface area contributed by atoms with E-state index in [1.165, 1.54) is 27.7 Å². The molecule has 4 rings (SSSR count). The van der Waals surface area contributed by atoms with Crippen LogP contribution in [0.5, 0.6) is 5.75 Å². The molecule has 2 aromatic heterocycles. The third-order valence-corrected chi connectivity index (χ3v) is 5.33. The first kappa shape index (κ1) is 16.8. The topological polar surface area (TPSA) is 86.2 Å². The van der Waals surface area contributed by atoms with Gasteiger partial charge in [-0.25, -0.2) is 9.36 Å². The molecule has 0 unspecified atom stereocenters. The maximum Gasteiger partial charge on any atom is 0.337 e. The number of pyridine rings is 1. The number of aryl methyl sites for hydroxylation is 1. The van der Waals surface area contributed by atoms with Crippen LogP contribution in [0, 0.1) is 6.92 Å². The molecule has 7 nitrogen and oxygen atoms in total. The Kier molecular flexibility index (Phi) is 3.69. The van der Waals surface area contributed by atoms with Gasteiger partial charge in [-0.1, -0.05) is 15.9 Å². The summed E-state index contributed by atoms with van der Waals surface area (Å²) in [5.74, 6) is -0.367. The van der Waals surface area contributed by atoms with E-state index < -0.39 is 16.8 Å². The molecule has 0 spiro atoms. The zero-order valence-corrected chi connectivity index (χ0v) is 15.8. The average molecular weight is 418 g/mol. The summed E-state index contributed by atoms with van der Waals surface area (Å²) in [6.07, 6.45) is 1.49. The van der Waals surface area contributed by atoms with Crippen LogP contribution in [-0.4, -0.2) is 18.8 Å². The van der Waals surface area contributed by atoms with Gasteiger partial charge in [-0.15, -0.1) is 0 Å². The monoisotopic (exact) mass is 417 g/mol. The highest BCUT2D eigenvalue weighted by atomic mass is 79.9. The van der Waals surface area contributed by atoms with Gasteiger partial charge < -0.3 is 5.11 Å². The lowest BCUT2D eigenvalue weighted by Gasteiger charge is -2.17. The Bertz CT molecular complexity index is 1230. The second kappa shape index (κ2) is 5.70. The largest absolute Gasteiger partial charge is 0.506 e. The first-order chi connectivity index (χ1) is 12.3. The van der Waals surface area contributed by atoms with Crippen molar-refractivity contribution in [3.05, 3.63) is 65.5 Å². The van der Waals surface area contributed by atoms with Crippen LogP contribution >= 0.6 is 15.9 Å². The van der Waals surface area contributed by atoms with E-state index in [0.29, 0.717) is 5.69 Å². The highest BCUT2D eigenvalue weighted by molar-refractivity contribution is 9.10. The van der Waals surface area contributed by atoms with Crippen molar-refractivity contribution in [2.75, 3.05) is 0 Å². The third kappa shape index (κ3) is 2.28. The Labute approximate surface area is 155 Å². The van der Waals surface area contributed by atoms with Crippen molar-refractivity contribution in [2.24, 2.45) is 7.05 Å². The summed E-state index contributed by atoms with van der Waals surface area (Å²) >= 11 is 3.35. The van der Waals surface area contributed by atoms with Gasteiger partial charge in [-0.2, -0.15) is 0 Å². The van der Waals surface area contributed by atoms with Crippen molar-refractivity contribution in [3.63, 3.8) is 0 Å². The van der Waals surface area contributed by atoms with Crippen molar-refractivity contribution in [1.82, 2.24) is 13.7 Å². The zero-order chi connectivity index (χ0) is 18.7. The molecule has 1 N–H and O–H groups in total. The molecule has 0 bridgehead atoms. The quantitative estimate of drug-likeness (QED) is 0.690. The summed E-state index contributed by atoms with van der Waals surface area (Å²) in [4.78, 5) is 38.6. The molecule has 0 aliphatic heterocycles. The van der Waals surface area contributed by atoms with Crippen molar-refractivity contribution >= 4 is 27.0 Å². The molecule has 8 heteroatoms. The van der Waals surface area contributed by atoms with E-state index in [1.54, 1.807) is 24.3 Å². The first-order valence-electron chi connectivity index (χ1n) is 8.18. The Morgan fingerprint density at radius 2 is 1.69 bits per heavy atom. The number of benzene rings is 1. The lowest BCUT2D eigenvalue weighted by atomic mass is 10.2. The predicted molar refractivity (Wildman–Crippen MR) is 101 cm³/mol. The normalized spacial score (nSPS) is 14.1. The third-order valence-electron chi connectivity index (χ3n) is 4.80. The summed E-state index contributed by atoms with van der Waals surface area (Å²) in [6.45, 7) is 1.47. The molecule has 3 aromatic rings. The number of rotatable bonds is 2. The number of nitrogens with zero attached hydrogens (tertiary/aromatic N) is 3. The summed E-state index contributed by atoms with van der Waals surface area (Å²) in [5.41, 5.74) is -0.838. The molecule has 1 aliphatic carbocycles. The zero-order valence-electron chi connectivity index (χ0n) is 14.2. The molecule has 26 heavy (non-hydrogen) atoms. The number of aromatic hydroxyl groups is 1. The summed E-state index contributed by atoms with van der Waals surface area (Å²) in [5, 5.41) is 10.5. The van der Waals surface area contributed by atoms with Crippen LogP contribution < -0.4 is 16.8 Å². The minimum absolute atomic E-state index is 0.0148. The minimum atomic E-state index is -0.558. The van der Waals surface area contributed by atoms with Crippen molar-refractivity contribution < 1.29 is 5.11 Å². The standard InChI is InChI=1S/C18H16BrN3O4/c1-9-14(23)13-15(20(2)16(9)24)21(11-5-3-10(19)4-6-11)18(26)22(17(13)25)12-7-8-12/h3-6,12,23H,7-8H2,1-2H3. The van der Waals surface area contributed by atoms with Gasteiger partial charge in [0.25, 0.3) is 11.1 Å². The predicted octanol–water partition coefficient (Wildman–Crippen LogP) is 1.96. The summed E-state index contributed by atoms with van der Waals surface area (Å²) in [6, 6.07) is 6.80. The smallest absolute Gasteiger partial charge is 0.337 e. The van der Waals surface area contributed by atoms with Gasteiger partial charge in [0.05, 0.1) is 11.3 Å². The number of halogens is 1. The Hall–Kier alpha value is -2.61. The molecular formula is C18H16BrN3O4. The fraction of sp³-hybridized carbons (Fsp3) is 0.278. The van der Waals surface area contributed by atoms with E-state index in [2.05, 4.69) is 15.9 Å². The van der Waals surface area contributed by atoms with Crippen LogP contribution in [0.3, 0.4) is 0 Å². The van der Waals surface area contributed by atoms with E-state index in [1.807, 2.05) is 0 Å². The van der Waals surface area contributed by atoms with Gasteiger partial charge in [-0.3, -0.25) is 18.7 Å². The van der Waals surface area contributed by atoms with Crippen LogP contribution in [0.4, 0.5) is 0 Å². The number of hydrogen-bond acceptors (Lipinski definition) is 4. The number of fused-ring (bicyclic) bond motifs is 1. The molecule has 1 saturated carbocycles. The highest BCUT2D eigenvalue weighted by Gasteiger charge is 2.31. The Morgan fingerprint density at radius 3 is 2.27 bits per heavy atom. The molecule has 1 aliphatic rings. The molecule has 0 saturated heterocycles. The maximum atomic E-state index is 13.1. The van der Waals surface area contributed by atoms with Crippen LogP contribution in [0.1, 0.15) is 24.4 Å². The lowest BCUT2D eigenvalue weighted by Crippen LogP contribution is -2.41. The second-order valence-electron chi connectivity index (χ2n) is 6.54. The van der Waals surface area contributed by atoms with Crippen LogP contribution in [-0.2, 0) is 7.05 Å². The van der Waals surface area contributed by atoms with Gasteiger partial charge in [-0.05, 0) is 44.0 Å². The molecule has 0 atom stereocenters. The summed E-state index contributed by atoms with van der Waals surface area (Å²) in [7, 11) is 1.49. The minimum Gasteiger partial charge on any atom is -0.506 e. The van der Waals surface area contributed by atoms with Crippen molar-refractivity contribution in [1.29, 1.82) is 0 Å². The molecule has 0 amide bonds. The van der Waals surface area contributed by atoms with Crippen molar-refractivity contribution in [3.8, 4) is 11.4 Å². The molecule has 1 aromatic carbocycles. The van der Waals surface area contributed by atoms with E-state index in [-0.39, 0.29) is 28.4 Å². The molecule has 0 radical (unpaired) electrons. The molecular weight excluding hydrogens is 402 g/mol. The SMILES string of the molecule is Cc1c(O)c2c(=O)n(C3CC3)c(=O)n(-c3ccc(Br)cc3)c2n(C)c1=O. The lowest BCUT2D eigenvalue weighted by molar-refractivity contribution is 0.472. The van der Waals surface area contributed by atoms with Gasteiger partial charge in [0, 0.05) is 17.6 Å². The number of hydrogen-bond donors (Lipinski definition) is 1. The molecule has 1 fully saturated rings. The van der Waals surface area contributed by atoms with Crippen LogP contribution in [0.15, 0.2) is 43.1 Å². The molecule has 2 heterocycles. The van der Waals surface area contributed by atoms with Gasteiger partial charge in [0.2, 0.25) is 0 Å². The van der Waals surface area contributed by atoms with E-state index in [4.69, 9.17) is 0 Å². The van der Waals surface area contributed by atoms with E-state index in [9.17, 15) is 19.5 Å². The van der Waals surface area contributed by atoms with E-state index in [0.717, 1.165) is 17.3 Å². The Morgan fingerprint density at radius 1 is 1.08 bits per heavy atom. The van der Waals surface area contributed by atoms with Gasteiger partial charge in [0.1, 0.15) is 16.8 Å². The number of aromatic nitrogens is 3. The van der Waals surface area contributed by atoms with Crippen molar-refractivity contribution in [2.45, 2.75) is 25.8 Å². The second-order valence-corrected chi connectivity index (χ2v) is 7.45. The van der Waals surface area contributed by atoms with Crippen LogP contribution in [0.25, 0.3) is 16.7 Å². The highest BCUT2D eigenvalue weighted by Crippen LogP contribution is 2.33. The Balaban J connectivity index is 2.30. The fourth-order valence-electron chi connectivity index (χ4n) is 3.25. The molecule has 134 valence electrons. The average Bonchev–Trinajstić information content (AvgIpc) is 3.44. The summed E-state index contributed by atoms with van der Waals surface area (Å²) < 4.78 is 4.59. The van der Waals surface area contributed by atoms with E-state index >= 15 is 0 Å². The van der Waals surface area contributed by atoms with Gasteiger partial charge in [0.15, 0.2) is 0 Å². The maximum absolute atomic E-state index is 13.1. The first-order valence-corrected chi connectivity index (χ1v) is 8.98. The van der Waals surface area contributed by atoms with Crippen LogP contribution in [0.2, 0.25) is 0 Å².